The number of aromatic amines is 1. The number of benzene rings is 1. The highest BCUT2D eigenvalue weighted by Gasteiger charge is 2.35. The molecule has 2 atom stereocenters. The largest absolute Gasteiger partial charge is 0.369 e. The number of anilines is 1. The van der Waals surface area contributed by atoms with Crippen LogP contribution >= 0.6 is 12.4 Å². The molecule has 1 saturated heterocycles. The third kappa shape index (κ3) is 3.72. The maximum atomic E-state index is 13.8. The van der Waals surface area contributed by atoms with Crippen LogP contribution in [0.1, 0.15) is 35.7 Å². The fourth-order valence-corrected chi connectivity index (χ4v) is 4.90. The summed E-state index contributed by atoms with van der Waals surface area (Å²) in [6.45, 7) is 0.759. The Kier molecular flexibility index (Phi) is 5.53. The Labute approximate surface area is 191 Å². The molecule has 0 amide bonds. The van der Waals surface area contributed by atoms with E-state index in [9.17, 15) is 4.39 Å². The van der Waals surface area contributed by atoms with Gasteiger partial charge in [-0.3, -0.25) is 4.98 Å². The first-order chi connectivity index (χ1) is 15.2. The van der Waals surface area contributed by atoms with E-state index >= 15 is 0 Å². The molecule has 164 valence electrons. The average molecular weight is 451 g/mol. The molecule has 6 nitrogen and oxygen atoms in total. The Morgan fingerprint density at radius 1 is 1.12 bits per heavy atom. The standard InChI is InChI=1S/C24H23FN6.ClH/c25-16-9-15(11-26-13-16)23-30-22-19(10-17-5-6-21(22)29-17)24(31-23)27-8-7-14-12-28-20-4-2-1-3-18(14)20;/h1-4,9,11-13,17,21,28-29H,5-8,10H2,(H,27,30,31);1H. The topological polar surface area (TPSA) is 78.5 Å². The van der Waals surface area contributed by atoms with Gasteiger partial charge in [0.15, 0.2) is 5.82 Å². The maximum Gasteiger partial charge on any atom is 0.163 e. The number of hydrogen-bond acceptors (Lipinski definition) is 5. The van der Waals surface area contributed by atoms with E-state index in [1.165, 1.54) is 28.8 Å². The third-order valence-electron chi connectivity index (χ3n) is 6.39. The molecule has 2 aliphatic heterocycles. The summed E-state index contributed by atoms with van der Waals surface area (Å²) >= 11 is 0. The summed E-state index contributed by atoms with van der Waals surface area (Å²) in [4.78, 5) is 17.0. The zero-order chi connectivity index (χ0) is 20.8. The van der Waals surface area contributed by atoms with Crippen molar-refractivity contribution in [1.29, 1.82) is 0 Å². The van der Waals surface area contributed by atoms with Crippen molar-refractivity contribution in [3.05, 3.63) is 71.6 Å². The molecule has 0 radical (unpaired) electrons. The Morgan fingerprint density at radius 2 is 2.03 bits per heavy atom. The lowest BCUT2D eigenvalue weighted by Gasteiger charge is -2.26. The van der Waals surface area contributed by atoms with Crippen LogP contribution in [0.3, 0.4) is 0 Å². The van der Waals surface area contributed by atoms with Crippen molar-refractivity contribution in [2.45, 2.75) is 37.8 Å². The van der Waals surface area contributed by atoms with Crippen LogP contribution in [-0.2, 0) is 12.8 Å². The molecule has 0 aliphatic carbocycles. The highest BCUT2D eigenvalue weighted by atomic mass is 35.5. The third-order valence-corrected chi connectivity index (χ3v) is 6.39. The predicted molar refractivity (Wildman–Crippen MR) is 126 cm³/mol. The summed E-state index contributed by atoms with van der Waals surface area (Å²) in [5, 5.41) is 8.47. The van der Waals surface area contributed by atoms with E-state index in [0.717, 1.165) is 49.3 Å². The molecule has 3 N–H and O–H groups in total. The van der Waals surface area contributed by atoms with Gasteiger partial charge in [0.1, 0.15) is 11.6 Å². The van der Waals surface area contributed by atoms with Gasteiger partial charge in [-0.1, -0.05) is 18.2 Å². The number of pyridine rings is 1. The van der Waals surface area contributed by atoms with Crippen LogP contribution in [0.2, 0.25) is 0 Å². The molecule has 1 fully saturated rings. The minimum atomic E-state index is -0.383. The number of H-pyrrole nitrogens is 1. The number of para-hydroxylation sites is 1. The minimum absolute atomic E-state index is 0. The molecule has 2 bridgehead atoms. The molecule has 3 aromatic heterocycles. The van der Waals surface area contributed by atoms with E-state index in [1.54, 1.807) is 6.20 Å². The van der Waals surface area contributed by atoms with Crippen molar-refractivity contribution in [3.8, 4) is 11.4 Å². The van der Waals surface area contributed by atoms with Gasteiger partial charge in [-0.05, 0) is 43.4 Å². The number of fused-ring (bicyclic) bond motifs is 5. The fraction of sp³-hybridized carbons (Fsp3) is 0.292. The second-order valence-corrected chi connectivity index (χ2v) is 8.39. The Morgan fingerprint density at radius 3 is 2.94 bits per heavy atom. The molecule has 32 heavy (non-hydrogen) atoms. The predicted octanol–water partition coefficient (Wildman–Crippen LogP) is 4.58. The zero-order valence-electron chi connectivity index (χ0n) is 17.4. The molecular weight excluding hydrogens is 427 g/mol. The molecule has 6 rings (SSSR count). The first-order valence-electron chi connectivity index (χ1n) is 10.8. The first-order valence-corrected chi connectivity index (χ1v) is 10.8. The smallest absolute Gasteiger partial charge is 0.163 e. The quantitative estimate of drug-likeness (QED) is 0.414. The summed E-state index contributed by atoms with van der Waals surface area (Å²) in [5.74, 6) is 1.00. The number of aromatic nitrogens is 4. The number of rotatable bonds is 5. The fourth-order valence-electron chi connectivity index (χ4n) is 4.90. The van der Waals surface area contributed by atoms with Crippen LogP contribution in [0.5, 0.6) is 0 Å². The van der Waals surface area contributed by atoms with Gasteiger partial charge in [0.2, 0.25) is 0 Å². The van der Waals surface area contributed by atoms with Crippen molar-refractivity contribution in [3.63, 3.8) is 0 Å². The van der Waals surface area contributed by atoms with Crippen LogP contribution in [0.25, 0.3) is 22.3 Å². The lowest BCUT2D eigenvalue weighted by molar-refractivity contribution is 0.503. The SMILES string of the molecule is Cl.Fc1cncc(-c2nc(NCCc3c[nH]c4ccccc34)c3c(n2)C2CCC(C3)N2)c1. The molecule has 1 aromatic carbocycles. The van der Waals surface area contributed by atoms with Gasteiger partial charge < -0.3 is 15.6 Å². The van der Waals surface area contributed by atoms with E-state index < -0.39 is 0 Å². The Bertz CT molecular complexity index is 1270. The van der Waals surface area contributed by atoms with Gasteiger partial charge in [-0.15, -0.1) is 12.4 Å². The van der Waals surface area contributed by atoms with E-state index in [1.807, 2.05) is 6.07 Å². The van der Waals surface area contributed by atoms with E-state index in [4.69, 9.17) is 9.97 Å². The number of nitrogens with zero attached hydrogens (tertiary/aromatic N) is 3. The molecule has 4 aromatic rings. The van der Waals surface area contributed by atoms with E-state index in [0.29, 0.717) is 17.4 Å². The second-order valence-electron chi connectivity index (χ2n) is 8.39. The zero-order valence-corrected chi connectivity index (χ0v) is 18.3. The van der Waals surface area contributed by atoms with Crippen LogP contribution in [-0.4, -0.2) is 32.5 Å². The lowest BCUT2D eigenvalue weighted by Crippen LogP contribution is -2.33. The molecule has 5 heterocycles. The van der Waals surface area contributed by atoms with E-state index in [2.05, 4.69) is 45.0 Å². The van der Waals surface area contributed by atoms with Gasteiger partial charge in [-0.25, -0.2) is 14.4 Å². The van der Waals surface area contributed by atoms with Gasteiger partial charge in [0.25, 0.3) is 0 Å². The van der Waals surface area contributed by atoms with Gasteiger partial charge in [-0.2, -0.15) is 0 Å². The van der Waals surface area contributed by atoms with Crippen LogP contribution in [0.4, 0.5) is 10.2 Å². The summed E-state index contributed by atoms with van der Waals surface area (Å²) in [7, 11) is 0. The van der Waals surface area contributed by atoms with Crippen molar-refractivity contribution in [1.82, 2.24) is 25.3 Å². The summed E-state index contributed by atoms with van der Waals surface area (Å²) < 4.78 is 13.8. The molecule has 2 aliphatic rings. The Balaban J connectivity index is 0.00000216. The number of nitrogens with one attached hydrogen (secondary N) is 3. The molecule has 0 saturated carbocycles. The average Bonchev–Trinajstić information content (AvgIpc) is 3.38. The van der Waals surface area contributed by atoms with Crippen molar-refractivity contribution in [2.24, 2.45) is 0 Å². The molecule has 8 heteroatoms. The number of halogens is 2. The Hall–Kier alpha value is -3.03. The minimum Gasteiger partial charge on any atom is -0.369 e. The summed E-state index contributed by atoms with van der Waals surface area (Å²) in [5.41, 5.74) is 5.27. The van der Waals surface area contributed by atoms with Crippen LogP contribution < -0.4 is 10.6 Å². The first kappa shape index (κ1) is 20.8. The van der Waals surface area contributed by atoms with Crippen molar-refractivity contribution >= 4 is 29.1 Å². The highest BCUT2D eigenvalue weighted by Crippen LogP contribution is 2.38. The van der Waals surface area contributed by atoms with Crippen molar-refractivity contribution < 1.29 is 4.39 Å². The normalized spacial score (nSPS) is 18.9. The molecule has 0 spiro atoms. The van der Waals surface area contributed by atoms with E-state index in [-0.39, 0.29) is 24.3 Å². The van der Waals surface area contributed by atoms with Crippen LogP contribution in [0, 0.1) is 5.82 Å². The summed E-state index contributed by atoms with van der Waals surface area (Å²) in [6.07, 6.45) is 8.92. The van der Waals surface area contributed by atoms with Gasteiger partial charge in [0.05, 0.1) is 17.9 Å². The van der Waals surface area contributed by atoms with Gasteiger partial charge >= 0.3 is 0 Å². The second kappa shape index (κ2) is 8.48. The highest BCUT2D eigenvalue weighted by molar-refractivity contribution is 5.85. The maximum absolute atomic E-state index is 13.8. The number of hydrogen-bond donors (Lipinski definition) is 3. The van der Waals surface area contributed by atoms with Gasteiger partial charge in [0, 0.05) is 47.0 Å². The summed E-state index contributed by atoms with van der Waals surface area (Å²) in [6, 6.07) is 10.5. The monoisotopic (exact) mass is 450 g/mol. The lowest BCUT2D eigenvalue weighted by atomic mass is 10.00. The molecular formula is C24H24ClFN6. The molecule has 2 unspecified atom stereocenters. The van der Waals surface area contributed by atoms with Crippen molar-refractivity contribution in [2.75, 3.05) is 11.9 Å². The van der Waals surface area contributed by atoms with Crippen LogP contribution in [0.15, 0.2) is 48.9 Å².